The number of rotatable bonds is 8. The van der Waals surface area contributed by atoms with Gasteiger partial charge in [0.1, 0.15) is 18.1 Å². The van der Waals surface area contributed by atoms with Crippen molar-refractivity contribution in [2.45, 2.75) is 33.3 Å². The van der Waals surface area contributed by atoms with Crippen molar-refractivity contribution in [3.8, 4) is 34.2 Å². The predicted octanol–water partition coefficient (Wildman–Crippen LogP) is 5.80. The highest BCUT2D eigenvalue weighted by molar-refractivity contribution is 7.15. The van der Waals surface area contributed by atoms with E-state index in [9.17, 15) is 4.79 Å². The minimum absolute atomic E-state index is 0.246. The van der Waals surface area contributed by atoms with Crippen LogP contribution in [0.25, 0.3) is 28.0 Å². The Bertz CT molecular complexity index is 2060. The number of hydrogen-bond donors (Lipinski definition) is 0. The molecule has 0 amide bonds. The summed E-state index contributed by atoms with van der Waals surface area (Å²) in [4.78, 5) is 18.7. The molecule has 0 fully saturated rings. The van der Waals surface area contributed by atoms with Crippen LogP contribution in [-0.2, 0) is 0 Å². The molecule has 1 aliphatic rings. The molecule has 44 heavy (non-hydrogen) atoms. The first-order valence-electron chi connectivity index (χ1n) is 14.6. The summed E-state index contributed by atoms with van der Waals surface area (Å²) in [7, 11) is 0. The molecular weight excluding hydrogens is 574 g/mol. The Labute approximate surface area is 258 Å². The third kappa shape index (κ3) is 5.44. The lowest BCUT2D eigenvalue weighted by molar-refractivity contribution is 0.0852. The van der Waals surface area contributed by atoms with Gasteiger partial charge in [-0.3, -0.25) is 4.79 Å². The number of aryl methyl sites for hydroxylation is 1. The normalized spacial score (nSPS) is 14.9. The second-order valence-corrected chi connectivity index (χ2v) is 12.2. The van der Waals surface area contributed by atoms with Crippen LogP contribution in [0.4, 0.5) is 0 Å². The van der Waals surface area contributed by atoms with Crippen molar-refractivity contribution in [3.05, 3.63) is 111 Å². The van der Waals surface area contributed by atoms with Crippen molar-refractivity contribution in [2.75, 3.05) is 13.2 Å². The van der Waals surface area contributed by atoms with Crippen LogP contribution in [0, 0.1) is 12.8 Å². The summed E-state index contributed by atoms with van der Waals surface area (Å²) in [5.41, 5.74) is 4.21. The van der Waals surface area contributed by atoms with E-state index in [2.05, 4.69) is 30.0 Å². The monoisotopic (exact) mass is 605 g/mol. The van der Waals surface area contributed by atoms with E-state index >= 15 is 0 Å². The van der Waals surface area contributed by atoms with E-state index in [1.54, 1.807) is 0 Å². The van der Waals surface area contributed by atoms with Gasteiger partial charge >= 0.3 is 0 Å². The molecule has 10 heteroatoms. The second kappa shape index (κ2) is 11.6. The molecule has 9 nitrogen and oxygen atoms in total. The van der Waals surface area contributed by atoms with Crippen molar-refractivity contribution in [1.82, 2.24) is 24.4 Å². The summed E-state index contributed by atoms with van der Waals surface area (Å²) in [6.07, 6.45) is 4.30. The van der Waals surface area contributed by atoms with E-state index in [0.717, 1.165) is 40.2 Å². The molecule has 0 saturated carbocycles. The average Bonchev–Trinajstić information content (AvgIpc) is 3.73. The van der Waals surface area contributed by atoms with Crippen LogP contribution in [-0.4, -0.2) is 37.6 Å². The maximum Gasteiger partial charge on any atom is 0.291 e. The molecule has 0 aliphatic carbocycles. The van der Waals surface area contributed by atoms with Crippen molar-refractivity contribution >= 4 is 22.4 Å². The first-order valence-corrected chi connectivity index (χ1v) is 15.4. The van der Waals surface area contributed by atoms with Crippen LogP contribution >= 0.6 is 11.3 Å². The Hall–Kier alpha value is -4.96. The number of fused-ring (bicyclic) bond motifs is 2. The van der Waals surface area contributed by atoms with Gasteiger partial charge in [0.2, 0.25) is 4.96 Å². The highest BCUT2D eigenvalue weighted by atomic mass is 32.1. The Balaban J connectivity index is 1.24. The van der Waals surface area contributed by atoms with Gasteiger partial charge in [-0.25, -0.2) is 4.68 Å². The largest absolute Gasteiger partial charge is 0.493 e. The summed E-state index contributed by atoms with van der Waals surface area (Å²) < 4.78 is 21.6. The highest BCUT2D eigenvalue weighted by Crippen LogP contribution is 2.35. The number of ether oxygens (including phenoxy) is 3. The number of nitrogens with zero attached hydrogens (tertiary/aromatic N) is 5. The molecular formula is C34H31N5O4S. The van der Waals surface area contributed by atoms with E-state index in [0.29, 0.717) is 39.3 Å². The van der Waals surface area contributed by atoms with Gasteiger partial charge in [-0.2, -0.15) is 14.6 Å². The Morgan fingerprint density at radius 3 is 2.61 bits per heavy atom. The van der Waals surface area contributed by atoms with Crippen molar-refractivity contribution < 1.29 is 14.2 Å². The van der Waals surface area contributed by atoms with Crippen LogP contribution in [0.2, 0.25) is 0 Å². The maximum atomic E-state index is 13.5. The lowest BCUT2D eigenvalue weighted by atomic mass is 10.0. The average molecular weight is 606 g/mol. The lowest BCUT2D eigenvalue weighted by Crippen LogP contribution is -2.26. The zero-order valence-electron chi connectivity index (χ0n) is 24.6. The van der Waals surface area contributed by atoms with Crippen LogP contribution < -0.4 is 24.3 Å². The molecule has 0 spiro atoms. The summed E-state index contributed by atoms with van der Waals surface area (Å²) in [6.45, 7) is 7.36. The molecule has 0 bridgehead atoms. The fourth-order valence-electron chi connectivity index (χ4n) is 5.07. The molecule has 0 saturated heterocycles. The Morgan fingerprint density at radius 1 is 1.05 bits per heavy atom. The number of benzene rings is 3. The summed E-state index contributed by atoms with van der Waals surface area (Å²) >= 11 is 1.28. The number of aromatic nitrogens is 5. The highest BCUT2D eigenvalue weighted by Gasteiger charge is 2.27. The molecule has 7 rings (SSSR count). The first-order chi connectivity index (χ1) is 21.4. The first kappa shape index (κ1) is 27.8. The molecule has 222 valence electrons. The van der Waals surface area contributed by atoms with Gasteiger partial charge < -0.3 is 14.2 Å². The van der Waals surface area contributed by atoms with Crippen molar-refractivity contribution in [1.29, 1.82) is 0 Å². The van der Waals surface area contributed by atoms with Crippen LogP contribution in [0.5, 0.6) is 17.2 Å². The fourth-order valence-corrected chi connectivity index (χ4v) is 5.97. The van der Waals surface area contributed by atoms with Gasteiger partial charge in [-0.15, -0.1) is 5.10 Å². The van der Waals surface area contributed by atoms with Crippen LogP contribution in [0.1, 0.15) is 43.3 Å². The predicted molar refractivity (Wildman–Crippen MR) is 170 cm³/mol. The van der Waals surface area contributed by atoms with Gasteiger partial charge in [0.25, 0.3) is 5.56 Å². The molecule has 4 heterocycles. The summed E-state index contributed by atoms with van der Waals surface area (Å²) in [6, 6.07) is 23.5. The molecule has 1 unspecified atom stereocenters. The van der Waals surface area contributed by atoms with Gasteiger partial charge in [0, 0.05) is 17.3 Å². The third-order valence-corrected chi connectivity index (χ3v) is 8.41. The quantitative estimate of drug-likeness (QED) is 0.217. The summed E-state index contributed by atoms with van der Waals surface area (Å²) in [5.74, 6) is 3.17. The van der Waals surface area contributed by atoms with Gasteiger partial charge in [-0.1, -0.05) is 55.5 Å². The van der Waals surface area contributed by atoms with E-state index in [1.165, 1.54) is 15.9 Å². The van der Waals surface area contributed by atoms with Gasteiger partial charge in [-0.05, 0) is 73.4 Å². The van der Waals surface area contributed by atoms with E-state index in [4.69, 9.17) is 19.3 Å². The minimum atomic E-state index is -0.500. The zero-order valence-corrected chi connectivity index (χ0v) is 25.5. The molecule has 1 aliphatic heterocycles. The SMILES string of the molecule is Cc1cc(-c2nn(-c3ccccc3)cc2/C=c2\sc3nc(C4COc5ccccc5O4)nn3c2=O)ccc1OCCC(C)C. The molecule has 1 atom stereocenters. The van der Waals surface area contributed by atoms with Crippen LogP contribution in [0.3, 0.4) is 0 Å². The van der Waals surface area contributed by atoms with Crippen LogP contribution in [0.15, 0.2) is 83.8 Å². The van der Waals surface area contributed by atoms with Crippen molar-refractivity contribution in [2.24, 2.45) is 5.92 Å². The molecule has 0 radical (unpaired) electrons. The van der Waals surface area contributed by atoms with Crippen molar-refractivity contribution in [3.63, 3.8) is 0 Å². The zero-order chi connectivity index (χ0) is 30.2. The minimum Gasteiger partial charge on any atom is -0.493 e. The number of thiazole rings is 1. The Morgan fingerprint density at radius 2 is 1.84 bits per heavy atom. The van der Waals surface area contributed by atoms with Gasteiger partial charge in [0.05, 0.1) is 16.8 Å². The molecule has 3 aromatic heterocycles. The smallest absolute Gasteiger partial charge is 0.291 e. The fraction of sp³-hybridized carbons (Fsp3) is 0.235. The number of para-hydroxylation sites is 3. The molecule has 3 aromatic carbocycles. The topological polar surface area (TPSA) is 92.8 Å². The lowest BCUT2D eigenvalue weighted by Gasteiger charge is -2.24. The molecule has 0 N–H and O–H groups in total. The maximum absolute atomic E-state index is 13.5. The Kier molecular flexibility index (Phi) is 7.35. The van der Waals surface area contributed by atoms with E-state index in [-0.39, 0.29) is 12.2 Å². The number of hydrogen-bond acceptors (Lipinski definition) is 8. The standard InChI is InChI=1S/C34H31N5O4S/c1-21(2)15-16-41-26-14-13-23(17-22(26)3)31-24(19-38(36-31)25-9-5-4-6-10-25)18-30-33(40)39-34(44-30)35-32(37-39)29-20-42-27-11-7-8-12-28(27)43-29/h4-14,17-19,21,29H,15-16,20H2,1-3H3/b30-18-. The van der Waals surface area contributed by atoms with E-state index < -0.39 is 6.10 Å². The molecule has 6 aromatic rings. The summed E-state index contributed by atoms with van der Waals surface area (Å²) in [5, 5.41) is 9.45. The van der Waals surface area contributed by atoms with E-state index in [1.807, 2.05) is 90.6 Å². The third-order valence-electron chi connectivity index (χ3n) is 7.45. The van der Waals surface area contributed by atoms with Gasteiger partial charge in [0.15, 0.2) is 23.4 Å². The second-order valence-electron chi connectivity index (χ2n) is 11.2.